The van der Waals surface area contributed by atoms with Crippen molar-refractivity contribution < 1.29 is 53.4 Å². The topological polar surface area (TPSA) is 172 Å². The first-order valence-corrected chi connectivity index (χ1v) is 23.6. The lowest BCUT2D eigenvalue weighted by atomic mass is 9.72. The minimum absolute atomic E-state index is 0.0653. The third-order valence-electron chi connectivity index (χ3n) is 14.3. The molecular weight excluding hydrogens is 833 g/mol. The third kappa shape index (κ3) is 13.3. The van der Waals surface area contributed by atoms with E-state index in [2.05, 4.69) is 39.2 Å². The van der Waals surface area contributed by atoms with Gasteiger partial charge in [0.2, 0.25) is 6.79 Å². The number of hydrogen-bond acceptors (Lipinski definition) is 15. The monoisotopic (exact) mass is 911 g/mol. The van der Waals surface area contributed by atoms with E-state index in [4.69, 9.17) is 28.5 Å². The number of aliphatic hydroxyl groups excluding tert-OH is 1. The van der Waals surface area contributed by atoms with Crippen molar-refractivity contribution in [2.75, 3.05) is 65.1 Å². The summed E-state index contributed by atoms with van der Waals surface area (Å²) in [7, 11) is 3.83. The van der Waals surface area contributed by atoms with E-state index in [9.17, 15) is 24.9 Å². The van der Waals surface area contributed by atoms with Crippen LogP contribution in [0.3, 0.4) is 0 Å². The first-order valence-electron chi connectivity index (χ1n) is 23.6. The summed E-state index contributed by atoms with van der Waals surface area (Å²) in [5.41, 5.74) is -1.53. The fraction of sp³-hybridized carbons (Fsp3) is 0.700. The standard InChI is InChI=1S/C50H78N4O11/c1-12-41-50(9,59)44(55)37(7)42(51-61-31-60-28-27-53-23-25-54(26-24-53)39-21-17-14-18-22-39)32(2)30-49(8,58)45(35(5)34(4)36(6)46(56)63-41)65-48-43(40(52(10)11)29-33(3)62-48)64-47(57)38-19-15-13-16-20-38/h13-22,32-37,40-41,43-45,48,55,58-59H,12,23-31H2,1-11H3/b51-42+/t32-,33+,34-,35-,36+,37+,40-,41+,43-,44-,45-,48?,49?,50?/m0/s1. The van der Waals surface area contributed by atoms with Crippen LogP contribution in [0, 0.1) is 29.6 Å². The molecular formula is C50H78N4O11. The Morgan fingerprint density at radius 3 is 2.15 bits per heavy atom. The van der Waals surface area contributed by atoms with Crippen molar-refractivity contribution in [3.63, 3.8) is 0 Å². The minimum Gasteiger partial charge on any atom is -0.459 e. The number of likely N-dealkylation sites (N-methyl/N-ethyl adjacent to an activating group) is 1. The normalized spacial score (nSPS) is 36.5. The highest BCUT2D eigenvalue weighted by Crippen LogP contribution is 2.40. The molecule has 3 heterocycles. The number of ether oxygens (including phenoxy) is 5. The van der Waals surface area contributed by atoms with Crippen LogP contribution in [0.15, 0.2) is 65.8 Å². The lowest BCUT2D eigenvalue weighted by Crippen LogP contribution is -2.60. The zero-order valence-corrected chi connectivity index (χ0v) is 40.7. The molecule has 3 saturated heterocycles. The molecule has 3 aliphatic rings. The predicted octanol–water partition coefficient (Wildman–Crippen LogP) is 5.60. The van der Waals surface area contributed by atoms with Crippen molar-refractivity contribution in [1.82, 2.24) is 9.80 Å². The minimum atomic E-state index is -1.87. The van der Waals surface area contributed by atoms with E-state index in [1.807, 2.05) is 58.8 Å². The van der Waals surface area contributed by atoms with E-state index < -0.39 is 83.4 Å². The summed E-state index contributed by atoms with van der Waals surface area (Å²) in [4.78, 5) is 40.1. The van der Waals surface area contributed by atoms with Crippen LogP contribution < -0.4 is 4.90 Å². The Morgan fingerprint density at radius 2 is 1.54 bits per heavy atom. The number of cyclic esters (lactones) is 1. The molecule has 0 bridgehead atoms. The Balaban J connectivity index is 1.40. The number of carbonyl (C=O) groups excluding carboxylic acids is 2. The summed E-state index contributed by atoms with van der Waals surface area (Å²) >= 11 is 0. The van der Waals surface area contributed by atoms with E-state index >= 15 is 0 Å². The van der Waals surface area contributed by atoms with E-state index in [1.165, 1.54) is 12.6 Å². The van der Waals surface area contributed by atoms with E-state index in [-0.39, 0.29) is 31.8 Å². The summed E-state index contributed by atoms with van der Waals surface area (Å²) in [5, 5.41) is 41.2. The maximum absolute atomic E-state index is 14.0. The Labute approximate surface area is 387 Å². The lowest BCUT2D eigenvalue weighted by Gasteiger charge is -2.48. The van der Waals surface area contributed by atoms with Crippen molar-refractivity contribution in [1.29, 1.82) is 0 Å². The highest BCUT2D eigenvalue weighted by atomic mass is 16.7. The summed E-state index contributed by atoms with van der Waals surface area (Å²) < 4.78 is 31.6. The summed E-state index contributed by atoms with van der Waals surface area (Å²) in [6.07, 6.45) is -4.89. The number of hydrogen-bond donors (Lipinski definition) is 3. The fourth-order valence-corrected chi connectivity index (χ4v) is 9.90. The van der Waals surface area contributed by atoms with Gasteiger partial charge in [0, 0.05) is 50.2 Å². The van der Waals surface area contributed by atoms with Crippen LogP contribution in [-0.2, 0) is 33.3 Å². The largest absolute Gasteiger partial charge is 0.459 e. The molecule has 14 atom stereocenters. The molecule has 364 valence electrons. The molecule has 0 spiro atoms. The van der Waals surface area contributed by atoms with E-state index in [0.717, 1.165) is 32.7 Å². The number of oxime groups is 1. The highest BCUT2D eigenvalue weighted by Gasteiger charge is 2.51. The number of aliphatic hydroxyl groups is 3. The van der Waals surface area contributed by atoms with Crippen molar-refractivity contribution in [3.8, 4) is 0 Å². The average molecular weight is 911 g/mol. The van der Waals surface area contributed by atoms with Crippen LogP contribution >= 0.6 is 0 Å². The average Bonchev–Trinajstić information content (AvgIpc) is 3.29. The summed E-state index contributed by atoms with van der Waals surface area (Å²) in [5.74, 6) is -4.09. The molecule has 0 aliphatic carbocycles. The molecule has 3 fully saturated rings. The van der Waals surface area contributed by atoms with Gasteiger partial charge in [-0.25, -0.2) is 4.79 Å². The molecule has 3 N–H and O–H groups in total. The predicted molar refractivity (Wildman–Crippen MR) is 249 cm³/mol. The number of para-hydroxylation sites is 1. The number of nitrogens with zero attached hydrogens (tertiary/aromatic N) is 4. The van der Waals surface area contributed by atoms with Crippen LogP contribution in [0.4, 0.5) is 5.69 Å². The molecule has 0 amide bonds. The molecule has 0 aromatic heterocycles. The van der Waals surface area contributed by atoms with Crippen LogP contribution in [0.1, 0.15) is 91.9 Å². The Kier molecular flexibility index (Phi) is 18.8. The Hall–Kier alpha value is -3.67. The number of rotatable bonds is 13. The van der Waals surface area contributed by atoms with Gasteiger partial charge in [0.15, 0.2) is 12.4 Å². The van der Waals surface area contributed by atoms with Gasteiger partial charge in [-0.2, -0.15) is 0 Å². The number of anilines is 1. The second kappa shape index (κ2) is 23.4. The van der Waals surface area contributed by atoms with Gasteiger partial charge in [-0.3, -0.25) is 9.69 Å². The second-order valence-electron chi connectivity index (χ2n) is 19.5. The zero-order valence-electron chi connectivity index (χ0n) is 40.7. The molecule has 5 rings (SSSR count). The number of carbonyl (C=O) groups is 2. The molecule has 2 aromatic rings. The van der Waals surface area contributed by atoms with Gasteiger partial charge >= 0.3 is 11.9 Å². The molecule has 0 radical (unpaired) electrons. The van der Waals surface area contributed by atoms with Gasteiger partial charge in [0.05, 0.1) is 53.8 Å². The van der Waals surface area contributed by atoms with Crippen molar-refractivity contribution in [2.24, 2.45) is 34.7 Å². The van der Waals surface area contributed by atoms with Gasteiger partial charge in [-0.15, -0.1) is 0 Å². The fourth-order valence-electron chi connectivity index (χ4n) is 9.90. The molecule has 2 aromatic carbocycles. The highest BCUT2D eigenvalue weighted by molar-refractivity contribution is 5.89. The van der Waals surface area contributed by atoms with Crippen LogP contribution in [0.5, 0.6) is 0 Å². The molecule has 3 unspecified atom stereocenters. The molecule has 65 heavy (non-hydrogen) atoms. The van der Waals surface area contributed by atoms with Crippen LogP contribution in [0.2, 0.25) is 0 Å². The van der Waals surface area contributed by atoms with Gasteiger partial charge in [-0.1, -0.05) is 83.1 Å². The second-order valence-corrected chi connectivity index (χ2v) is 19.5. The van der Waals surface area contributed by atoms with Gasteiger partial charge in [-0.05, 0) is 90.2 Å². The van der Waals surface area contributed by atoms with Gasteiger partial charge < -0.3 is 53.6 Å². The molecule has 15 nitrogen and oxygen atoms in total. The quantitative estimate of drug-likeness (QED) is 0.0982. The van der Waals surface area contributed by atoms with E-state index in [0.29, 0.717) is 24.3 Å². The van der Waals surface area contributed by atoms with Crippen LogP contribution in [-0.4, -0.2) is 157 Å². The zero-order chi connectivity index (χ0) is 47.6. The van der Waals surface area contributed by atoms with Crippen molar-refractivity contribution >= 4 is 23.3 Å². The molecule has 0 saturated carbocycles. The maximum atomic E-state index is 14.0. The summed E-state index contributed by atoms with van der Waals surface area (Å²) in [6, 6.07) is 18.8. The number of esters is 2. The molecule has 15 heteroatoms. The SMILES string of the molecule is CC[C@H]1OC(=O)[C@H](C)[C@@H](C)[C@H](C)[C@H](OC2O[C@H](C)C[C@H](N(C)C)[C@@H]2OC(=O)c2ccccc2)C(C)(O)C[C@H](C)/C(=N\OCOCCN2CCN(c3ccccc3)CC2)[C@@H](C)[C@H](O)C1(C)O. The molecule has 3 aliphatic heterocycles. The Bertz CT molecular complexity index is 1810. The third-order valence-corrected chi connectivity index (χ3v) is 14.3. The van der Waals surface area contributed by atoms with Crippen molar-refractivity contribution in [3.05, 3.63) is 66.2 Å². The van der Waals surface area contributed by atoms with Gasteiger partial charge in [0.1, 0.15) is 11.7 Å². The number of piperazine rings is 1. The lowest BCUT2D eigenvalue weighted by molar-refractivity contribution is -0.296. The van der Waals surface area contributed by atoms with Gasteiger partial charge in [0.25, 0.3) is 0 Å². The smallest absolute Gasteiger partial charge is 0.338 e. The van der Waals surface area contributed by atoms with Crippen LogP contribution in [0.25, 0.3) is 0 Å². The Morgan fingerprint density at radius 1 is 0.908 bits per heavy atom. The first kappa shape index (κ1) is 52.3. The maximum Gasteiger partial charge on any atom is 0.338 e. The number of benzene rings is 2. The summed E-state index contributed by atoms with van der Waals surface area (Å²) in [6.45, 7) is 20.7. The van der Waals surface area contributed by atoms with Crippen molar-refractivity contribution in [2.45, 2.75) is 136 Å². The van der Waals surface area contributed by atoms with E-state index in [1.54, 1.807) is 52.0 Å². The first-order chi connectivity index (χ1) is 30.8.